The van der Waals surface area contributed by atoms with Crippen LogP contribution in [0.1, 0.15) is 50.7 Å². The van der Waals surface area contributed by atoms with Crippen LogP contribution in [0.4, 0.5) is 0 Å². The van der Waals surface area contributed by atoms with Gasteiger partial charge >= 0.3 is 0 Å². The zero-order valence-corrected chi connectivity index (χ0v) is 24.6. The summed E-state index contributed by atoms with van der Waals surface area (Å²) in [5.74, 6) is 0.661. The van der Waals surface area contributed by atoms with Crippen molar-refractivity contribution in [1.82, 2.24) is 14.9 Å². The molecular formula is C33H33N3O5S. The quantitative estimate of drug-likeness (QED) is 0.185. The molecular weight excluding hydrogens is 550 g/mol. The number of rotatable bonds is 10. The number of nitrogens with zero attached hydrogens (tertiary/aromatic N) is 1. The maximum atomic E-state index is 13.9. The van der Waals surface area contributed by atoms with Gasteiger partial charge in [-0.2, -0.15) is 0 Å². The van der Waals surface area contributed by atoms with Crippen LogP contribution >= 0.6 is 11.3 Å². The SMILES string of the molecule is COc1cc2c(cc1OC(C)C)-c1cc(C(=O)N[C@@H](CO)Cc3c[nH]c4ccccc34)c(C(=O)c3cccs3)n1CC2. The smallest absolute Gasteiger partial charge is 0.253 e. The molecule has 0 aliphatic carbocycles. The molecule has 0 bridgehead atoms. The number of aryl methyl sites for hydroxylation is 1. The molecule has 5 aromatic rings. The Labute approximate surface area is 247 Å². The number of thiophene rings is 1. The molecule has 0 radical (unpaired) electrons. The maximum absolute atomic E-state index is 13.9. The van der Waals surface area contributed by atoms with Crippen molar-refractivity contribution in [2.45, 2.75) is 45.4 Å². The summed E-state index contributed by atoms with van der Waals surface area (Å²) in [6.45, 7) is 4.20. The normalized spacial score (nSPS) is 13.1. The fourth-order valence-electron chi connectivity index (χ4n) is 5.72. The Kier molecular flexibility index (Phi) is 7.62. The number of hydrogen-bond acceptors (Lipinski definition) is 6. The third-order valence-corrected chi connectivity index (χ3v) is 8.50. The van der Waals surface area contributed by atoms with Crippen LogP contribution in [-0.4, -0.2) is 52.2 Å². The first-order valence-electron chi connectivity index (χ1n) is 14.0. The molecule has 3 N–H and O–H groups in total. The van der Waals surface area contributed by atoms with E-state index in [0.29, 0.717) is 41.5 Å². The van der Waals surface area contributed by atoms with Crippen molar-refractivity contribution < 1.29 is 24.2 Å². The molecule has 2 aromatic carbocycles. The molecule has 42 heavy (non-hydrogen) atoms. The zero-order chi connectivity index (χ0) is 29.4. The Morgan fingerprint density at radius 3 is 2.69 bits per heavy atom. The van der Waals surface area contributed by atoms with Gasteiger partial charge < -0.3 is 29.4 Å². The molecule has 4 heterocycles. The average molecular weight is 584 g/mol. The first-order chi connectivity index (χ1) is 20.4. The molecule has 1 aliphatic heterocycles. The number of H-pyrrole nitrogens is 1. The van der Waals surface area contributed by atoms with E-state index in [4.69, 9.17) is 9.47 Å². The predicted octanol–water partition coefficient (Wildman–Crippen LogP) is 5.61. The van der Waals surface area contributed by atoms with Crippen LogP contribution in [0.15, 0.2) is 66.2 Å². The Balaban J connectivity index is 1.39. The molecule has 0 unspecified atom stereocenters. The molecule has 6 rings (SSSR count). The second-order valence-electron chi connectivity index (χ2n) is 10.7. The highest BCUT2D eigenvalue weighted by molar-refractivity contribution is 7.12. The number of benzene rings is 2. The number of amides is 1. The van der Waals surface area contributed by atoms with Gasteiger partial charge in [-0.1, -0.05) is 24.3 Å². The molecule has 216 valence electrons. The molecule has 0 fully saturated rings. The highest BCUT2D eigenvalue weighted by Crippen LogP contribution is 2.41. The van der Waals surface area contributed by atoms with Gasteiger partial charge in [0.15, 0.2) is 11.5 Å². The van der Waals surface area contributed by atoms with Gasteiger partial charge in [-0.3, -0.25) is 9.59 Å². The standard InChI is InChI=1S/C33H33N3O5S/c1-19(2)41-29-16-24-20(14-28(29)40-3)10-11-36-27(24)15-25(31(36)32(38)30-9-6-12-42-30)33(39)35-22(18-37)13-21-17-34-26-8-5-4-7-23(21)26/h4-9,12,14-17,19,22,34,37H,10-11,13,18H2,1-3H3,(H,35,39)/t22-/m1/s1. The number of fused-ring (bicyclic) bond motifs is 4. The molecule has 1 atom stereocenters. The monoisotopic (exact) mass is 583 g/mol. The lowest BCUT2D eigenvalue weighted by atomic mass is 9.97. The van der Waals surface area contributed by atoms with Gasteiger partial charge in [0.25, 0.3) is 5.91 Å². The van der Waals surface area contributed by atoms with Crippen molar-refractivity contribution >= 4 is 33.9 Å². The van der Waals surface area contributed by atoms with E-state index in [-0.39, 0.29) is 24.1 Å². The number of aliphatic hydroxyl groups excluding tert-OH is 1. The van der Waals surface area contributed by atoms with Crippen molar-refractivity contribution in [1.29, 1.82) is 0 Å². The minimum Gasteiger partial charge on any atom is -0.493 e. The molecule has 0 saturated heterocycles. The van der Waals surface area contributed by atoms with Crippen molar-refractivity contribution in [2.75, 3.05) is 13.7 Å². The van der Waals surface area contributed by atoms with Crippen molar-refractivity contribution in [3.63, 3.8) is 0 Å². The van der Waals surface area contributed by atoms with Gasteiger partial charge in [0.2, 0.25) is 5.78 Å². The topological polar surface area (TPSA) is 106 Å². The lowest BCUT2D eigenvalue weighted by molar-refractivity contribution is 0.0907. The van der Waals surface area contributed by atoms with E-state index in [9.17, 15) is 14.7 Å². The number of nitrogens with one attached hydrogen (secondary N) is 2. The number of carbonyl (C=O) groups is 2. The highest BCUT2D eigenvalue weighted by Gasteiger charge is 2.31. The lowest BCUT2D eigenvalue weighted by Gasteiger charge is -2.24. The first kappa shape index (κ1) is 27.8. The van der Waals surface area contributed by atoms with E-state index >= 15 is 0 Å². The number of ketones is 1. The summed E-state index contributed by atoms with van der Waals surface area (Å²) in [4.78, 5) is 31.6. The lowest BCUT2D eigenvalue weighted by Crippen LogP contribution is -2.39. The minimum absolute atomic E-state index is 0.0582. The largest absolute Gasteiger partial charge is 0.493 e. The number of aromatic nitrogens is 2. The van der Waals surface area contributed by atoms with Gasteiger partial charge in [0.1, 0.15) is 5.69 Å². The molecule has 0 spiro atoms. The van der Waals surface area contributed by atoms with Gasteiger partial charge in [-0.15, -0.1) is 11.3 Å². The zero-order valence-electron chi connectivity index (χ0n) is 23.8. The summed E-state index contributed by atoms with van der Waals surface area (Å²) in [7, 11) is 1.62. The number of ether oxygens (including phenoxy) is 2. The molecule has 1 amide bonds. The summed E-state index contributed by atoms with van der Waals surface area (Å²) in [6, 6.07) is 16.7. The molecule has 0 saturated carbocycles. The molecule has 8 nitrogen and oxygen atoms in total. The van der Waals surface area contributed by atoms with Gasteiger partial charge in [0.05, 0.1) is 36.3 Å². The summed E-state index contributed by atoms with van der Waals surface area (Å²) in [5.41, 5.74) is 5.36. The molecule has 1 aliphatic rings. The number of carbonyl (C=O) groups excluding carboxylic acids is 2. The first-order valence-corrected chi connectivity index (χ1v) is 14.9. The van der Waals surface area contributed by atoms with E-state index in [2.05, 4.69) is 10.3 Å². The number of hydrogen-bond donors (Lipinski definition) is 3. The van der Waals surface area contributed by atoms with Crippen LogP contribution < -0.4 is 14.8 Å². The predicted molar refractivity (Wildman–Crippen MR) is 164 cm³/mol. The summed E-state index contributed by atoms with van der Waals surface area (Å²) < 4.78 is 13.6. The molecule has 3 aromatic heterocycles. The van der Waals surface area contributed by atoms with Crippen LogP contribution in [0.25, 0.3) is 22.2 Å². The van der Waals surface area contributed by atoms with Crippen LogP contribution in [0.3, 0.4) is 0 Å². The summed E-state index contributed by atoms with van der Waals surface area (Å²) >= 11 is 1.35. The van der Waals surface area contributed by atoms with E-state index in [0.717, 1.165) is 33.3 Å². The Bertz CT molecular complexity index is 1770. The van der Waals surface area contributed by atoms with Gasteiger partial charge in [-0.05, 0) is 73.5 Å². The number of aromatic amines is 1. The Morgan fingerprint density at radius 1 is 1.12 bits per heavy atom. The van der Waals surface area contributed by atoms with E-state index in [1.54, 1.807) is 19.2 Å². The number of para-hydroxylation sites is 1. The van der Waals surface area contributed by atoms with Crippen LogP contribution in [0.2, 0.25) is 0 Å². The van der Waals surface area contributed by atoms with Crippen LogP contribution in [0.5, 0.6) is 11.5 Å². The molecule has 9 heteroatoms. The van der Waals surface area contributed by atoms with Crippen molar-refractivity contribution in [3.05, 3.63) is 93.4 Å². The number of methoxy groups -OCH3 is 1. The fourth-order valence-corrected chi connectivity index (χ4v) is 6.39. The summed E-state index contributed by atoms with van der Waals surface area (Å²) in [6.07, 6.45) is 2.95. The van der Waals surface area contributed by atoms with E-state index in [1.165, 1.54) is 11.3 Å². The van der Waals surface area contributed by atoms with Crippen molar-refractivity contribution in [3.8, 4) is 22.8 Å². The number of aliphatic hydroxyl groups is 1. The van der Waals surface area contributed by atoms with E-state index < -0.39 is 11.9 Å². The second kappa shape index (κ2) is 11.5. The van der Waals surface area contributed by atoms with Crippen molar-refractivity contribution in [2.24, 2.45) is 0 Å². The Morgan fingerprint density at radius 2 is 1.95 bits per heavy atom. The summed E-state index contributed by atoms with van der Waals surface area (Å²) in [5, 5.41) is 16.2. The fraction of sp³-hybridized carbons (Fsp3) is 0.273. The maximum Gasteiger partial charge on any atom is 0.253 e. The highest BCUT2D eigenvalue weighted by atomic mass is 32.1. The average Bonchev–Trinajstić information content (AvgIpc) is 3.75. The second-order valence-corrected chi connectivity index (χ2v) is 11.7. The van der Waals surface area contributed by atoms with Gasteiger partial charge in [-0.25, -0.2) is 0 Å². The van der Waals surface area contributed by atoms with Crippen LogP contribution in [0, 0.1) is 0 Å². The minimum atomic E-state index is -0.541. The third kappa shape index (κ3) is 5.10. The van der Waals surface area contributed by atoms with Crippen LogP contribution in [-0.2, 0) is 19.4 Å². The van der Waals surface area contributed by atoms with Gasteiger partial charge in [0, 0.05) is 34.9 Å². The van der Waals surface area contributed by atoms with E-state index in [1.807, 2.05) is 72.5 Å². The Hall–Kier alpha value is -4.34. The third-order valence-electron chi connectivity index (χ3n) is 7.63.